The van der Waals surface area contributed by atoms with Crippen LogP contribution < -0.4 is 0 Å². The van der Waals surface area contributed by atoms with Gasteiger partial charge in [-0.3, -0.25) is 4.79 Å². The fourth-order valence-electron chi connectivity index (χ4n) is 2.10. The minimum Gasteiger partial charge on any atom is -0.289 e. The van der Waals surface area contributed by atoms with E-state index in [-0.39, 0.29) is 5.56 Å². The number of halogens is 1. The van der Waals surface area contributed by atoms with Gasteiger partial charge in [-0.2, -0.15) is 0 Å². The monoisotopic (exact) mass is 349 g/mol. The molecule has 1 atom stereocenters. The number of carbonyl (C=O) groups is 1. The van der Waals surface area contributed by atoms with Gasteiger partial charge in [-0.15, -0.1) is 11.3 Å². The molecule has 1 aromatic heterocycles. The molecule has 23 heavy (non-hydrogen) atoms. The Morgan fingerprint density at radius 2 is 1.70 bits per heavy atom. The van der Waals surface area contributed by atoms with Crippen LogP contribution >= 0.6 is 11.3 Å². The zero-order valence-corrected chi connectivity index (χ0v) is 13.7. The van der Waals surface area contributed by atoms with E-state index in [2.05, 4.69) is 4.98 Å². The molecule has 0 spiro atoms. The number of thiazole rings is 1. The molecule has 1 heterocycles. The molecule has 4 nitrogen and oxygen atoms in total. The molecule has 7 heteroatoms. The van der Waals surface area contributed by atoms with Crippen molar-refractivity contribution >= 4 is 37.2 Å². The van der Waals surface area contributed by atoms with Crippen LogP contribution in [0.15, 0.2) is 58.9 Å². The topological polar surface area (TPSA) is 64.1 Å². The van der Waals surface area contributed by atoms with E-state index in [1.165, 1.54) is 12.1 Å². The van der Waals surface area contributed by atoms with Crippen LogP contribution in [0.1, 0.15) is 17.3 Å². The molecule has 118 valence electrons. The fraction of sp³-hybridized carbons (Fsp3) is 0.125. The Hall–Kier alpha value is -2.12. The van der Waals surface area contributed by atoms with Gasteiger partial charge in [0.05, 0.1) is 10.2 Å². The largest absolute Gasteiger partial charge is 0.289 e. The summed E-state index contributed by atoms with van der Waals surface area (Å²) in [7, 11) is -4.56. The Kier molecular flexibility index (Phi) is 3.77. The number of para-hydroxylation sites is 1. The Labute approximate surface area is 136 Å². The minimum absolute atomic E-state index is 0.00202. The Morgan fingerprint density at radius 1 is 1.09 bits per heavy atom. The van der Waals surface area contributed by atoms with Crippen LogP contribution in [0.2, 0.25) is 0 Å². The number of Topliss-reactive ketones (excluding diaryl/α,β-unsaturated/α-hetero) is 1. The molecule has 0 aliphatic rings. The highest BCUT2D eigenvalue weighted by Crippen LogP contribution is 2.34. The first-order valence-electron chi connectivity index (χ1n) is 6.73. The molecule has 0 bridgehead atoms. The second-order valence-electron chi connectivity index (χ2n) is 5.06. The third-order valence-electron chi connectivity index (χ3n) is 3.45. The van der Waals surface area contributed by atoms with Crippen molar-refractivity contribution in [2.75, 3.05) is 0 Å². The van der Waals surface area contributed by atoms with Gasteiger partial charge in [0.2, 0.25) is 20.0 Å². The molecule has 0 aliphatic heterocycles. The van der Waals surface area contributed by atoms with Gasteiger partial charge in [-0.1, -0.05) is 42.5 Å². The van der Waals surface area contributed by atoms with E-state index >= 15 is 0 Å². The lowest BCUT2D eigenvalue weighted by molar-refractivity contribution is 0.0847. The van der Waals surface area contributed by atoms with Crippen molar-refractivity contribution in [3.63, 3.8) is 0 Å². The van der Waals surface area contributed by atoms with Crippen LogP contribution in [0.3, 0.4) is 0 Å². The van der Waals surface area contributed by atoms with Crippen LogP contribution in [0.25, 0.3) is 10.2 Å². The highest BCUT2D eigenvalue weighted by atomic mass is 32.2. The normalized spacial score (nSPS) is 14.5. The van der Waals surface area contributed by atoms with Crippen molar-refractivity contribution in [3.05, 3.63) is 60.2 Å². The average Bonchev–Trinajstić information content (AvgIpc) is 2.99. The van der Waals surface area contributed by atoms with E-state index in [1.54, 1.807) is 42.5 Å². The number of carbonyl (C=O) groups excluding carboxylic acids is 1. The van der Waals surface area contributed by atoms with Crippen molar-refractivity contribution in [1.82, 2.24) is 4.98 Å². The van der Waals surface area contributed by atoms with Gasteiger partial charge >= 0.3 is 0 Å². The van der Waals surface area contributed by atoms with Gasteiger partial charge in [-0.05, 0) is 19.1 Å². The summed E-state index contributed by atoms with van der Waals surface area (Å²) in [5.74, 6) is -1.10. The van der Waals surface area contributed by atoms with E-state index < -0.39 is 25.0 Å². The maximum absolute atomic E-state index is 15.0. The quantitative estimate of drug-likeness (QED) is 0.675. The number of rotatable bonds is 4. The molecule has 0 radical (unpaired) electrons. The van der Waals surface area contributed by atoms with Crippen LogP contribution in [-0.4, -0.2) is 24.2 Å². The Morgan fingerprint density at radius 3 is 2.35 bits per heavy atom. The number of hydrogen-bond acceptors (Lipinski definition) is 5. The van der Waals surface area contributed by atoms with Crippen LogP contribution in [-0.2, 0) is 9.84 Å². The van der Waals surface area contributed by atoms with Crippen molar-refractivity contribution in [3.8, 4) is 0 Å². The molecule has 0 amide bonds. The molecule has 0 N–H and O–H groups in total. The van der Waals surface area contributed by atoms with Gasteiger partial charge in [0.25, 0.3) is 5.00 Å². The number of nitrogens with zero attached hydrogens (tertiary/aromatic N) is 1. The summed E-state index contributed by atoms with van der Waals surface area (Å²) in [6, 6.07) is 14.3. The molecular formula is C16H12FNO3S2. The van der Waals surface area contributed by atoms with E-state index in [0.29, 0.717) is 10.2 Å². The standard InChI is InChI=1S/C16H12FNO3S2/c1-16(17,14(19)11-7-3-2-4-8-11)23(20,21)15-18-12-9-5-6-10-13(12)22-15/h2-10H,1H3. The van der Waals surface area contributed by atoms with Crippen molar-refractivity contribution in [2.24, 2.45) is 0 Å². The molecule has 3 rings (SSSR count). The smallest absolute Gasteiger partial charge is 0.276 e. The summed E-state index contributed by atoms with van der Waals surface area (Å²) in [6.45, 7) is 0.768. The number of alkyl halides is 1. The number of benzene rings is 2. The van der Waals surface area contributed by atoms with Gasteiger partial charge in [-0.25, -0.2) is 17.8 Å². The van der Waals surface area contributed by atoms with E-state index in [0.717, 1.165) is 18.3 Å². The molecule has 0 saturated carbocycles. The first-order chi connectivity index (χ1) is 10.8. The molecule has 3 aromatic rings. The maximum atomic E-state index is 15.0. The van der Waals surface area contributed by atoms with Gasteiger partial charge < -0.3 is 0 Å². The lowest BCUT2D eigenvalue weighted by Crippen LogP contribution is -2.39. The first kappa shape index (κ1) is 15.8. The minimum atomic E-state index is -4.56. The summed E-state index contributed by atoms with van der Waals surface area (Å²) in [5.41, 5.74) is 0.459. The SMILES string of the molecule is CC(F)(C(=O)c1ccccc1)S(=O)(=O)c1nc2ccccc2s1. The van der Waals surface area contributed by atoms with Crippen molar-refractivity contribution in [1.29, 1.82) is 0 Å². The second-order valence-corrected chi connectivity index (χ2v) is 8.51. The van der Waals surface area contributed by atoms with Crippen molar-refractivity contribution in [2.45, 2.75) is 16.3 Å². The first-order valence-corrected chi connectivity index (χ1v) is 9.03. The number of sulfone groups is 1. The molecule has 1 unspecified atom stereocenters. The van der Waals surface area contributed by atoms with E-state index in [9.17, 15) is 17.6 Å². The summed E-state index contributed by atoms with van der Waals surface area (Å²) in [6.07, 6.45) is 0. The average molecular weight is 349 g/mol. The van der Waals surface area contributed by atoms with E-state index in [1.807, 2.05) is 0 Å². The van der Waals surface area contributed by atoms with Crippen LogP contribution in [0.5, 0.6) is 0 Å². The third-order valence-corrected chi connectivity index (χ3v) is 6.94. The number of aromatic nitrogens is 1. The zero-order chi connectivity index (χ0) is 16.7. The summed E-state index contributed by atoms with van der Waals surface area (Å²) >= 11 is 0.852. The lowest BCUT2D eigenvalue weighted by atomic mass is 10.1. The Bertz CT molecular complexity index is 946. The summed E-state index contributed by atoms with van der Waals surface area (Å²) in [5, 5.41) is -3.08. The number of hydrogen-bond donors (Lipinski definition) is 0. The predicted octanol–water partition coefficient (Wildman–Crippen LogP) is 3.64. The Balaban J connectivity index is 2.08. The molecule has 2 aromatic carbocycles. The molecule has 0 fully saturated rings. The lowest BCUT2D eigenvalue weighted by Gasteiger charge is -2.17. The van der Waals surface area contributed by atoms with Crippen LogP contribution in [0.4, 0.5) is 4.39 Å². The summed E-state index contributed by atoms with van der Waals surface area (Å²) in [4.78, 5) is 16.3. The highest BCUT2D eigenvalue weighted by molar-refractivity contribution is 7.95. The van der Waals surface area contributed by atoms with E-state index in [4.69, 9.17) is 0 Å². The summed E-state index contributed by atoms with van der Waals surface area (Å²) < 4.78 is 40.4. The third kappa shape index (κ3) is 2.55. The van der Waals surface area contributed by atoms with Crippen LogP contribution in [0, 0.1) is 0 Å². The maximum Gasteiger partial charge on any atom is 0.276 e. The number of fused-ring (bicyclic) bond motifs is 1. The van der Waals surface area contributed by atoms with Gasteiger partial charge in [0.15, 0.2) is 0 Å². The predicted molar refractivity (Wildman–Crippen MR) is 87.1 cm³/mol. The molecular weight excluding hydrogens is 337 g/mol. The zero-order valence-electron chi connectivity index (χ0n) is 12.1. The number of ketones is 1. The second kappa shape index (κ2) is 5.50. The highest BCUT2D eigenvalue weighted by Gasteiger charge is 2.49. The molecule has 0 saturated heterocycles. The van der Waals surface area contributed by atoms with Crippen molar-refractivity contribution < 1.29 is 17.6 Å². The fourth-order valence-corrected chi connectivity index (χ4v) is 4.88. The van der Waals surface area contributed by atoms with Gasteiger partial charge in [0.1, 0.15) is 0 Å². The van der Waals surface area contributed by atoms with Gasteiger partial charge in [0, 0.05) is 5.56 Å². The molecule has 0 aliphatic carbocycles.